The third kappa shape index (κ3) is 2.93. The molecule has 0 radical (unpaired) electrons. The second-order valence-corrected chi connectivity index (χ2v) is 5.03. The summed E-state index contributed by atoms with van der Waals surface area (Å²) in [7, 11) is 1.54. The zero-order valence-corrected chi connectivity index (χ0v) is 12.1. The number of benzene rings is 1. The van der Waals surface area contributed by atoms with Crippen molar-refractivity contribution in [1.29, 1.82) is 0 Å². The zero-order valence-electron chi connectivity index (χ0n) is 11.2. The maximum Gasteiger partial charge on any atom is 0.137 e. The van der Waals surface area contributed by atoms with Gasteiger partial charge in [-0.2, -0.15) is 0 Å². The Labute approximate surface area is 116 Å². The van der Waals surface area contributed by atoms with Crippen LogP contribution in [0.5, 0.6) is 5.75 Å². The number of rotatable bonds is 5. The van der Waals surface area contributed by atoms with Gasteiger partial charge in [0, 0.05) is 11.4 Å². The molecule has 1 aromatic carbocycles. The second kappa shape index (κ2) is 6.12. The molecule has 0 bridgehead atoms. The quantitative estimate of drug-likeness (QED) is 0.908. The lowest BCUT2D eigenvalue weighted by Crippen LogP contribution is -2.17. The van der Waals surface area contributed by atoms with E-state index >= 15 is 0 Å². The molecule has 0 aliphatic rings. The highest BCUT2D eigenvalue weighted by molar-refractivity contribution is 7.13. The summed E-state index contributed by atoms with van der Waals surface area (Å²) in [6.07, 6.45) is 0. The average Bonchev–Trinajstić information content (AvgIpc) is 2.88. The normalized spacial score (nSPS) is 12.4. The number of aromatic nitrogens is 1. The average molecular weight is 280 g/mol. The molecule has 0 aliphatic heterocycles. The van der Waals surface area contributed by atoms with Crippen LogP contribution < -0.4 is 10.1 Å². The third-order valence-corrected chi connectivity index (χ3v) is 3.76. The van der Waals surface area contributed by atoms with Gasteiger partial charge in [0.05, 0.1) is 18.4 Å². The minimum atomic E-state index is -0.309. The SMILES string of the molecule is CCNC(C)c1csc(-c2c(F)cccc2OC)n1. The minimum Gasteiger partial charge on any atom is -0.496 e. The number of ether oxygens (including phenoxy) is 1. The number of thiazole rings is 1. The van der Waals surface area contributed by atoms with Crippen LogP contribution >= 0.6 is 11.3 Å². The van der Waals surface area contributed by atoms with Gasteiger partial charge in [0.1, 0.15) is 16.6 Å². The summed E-state index contributed by atoms with van der Waals surface area (Å²) in [5.41, 5.74) is 1.36. The summed E-state index contributed by atoms with van der Waals surface area (Å²) in [6.45, 7) is 4.96. The van der Waals surface area contributed by atoms with Crippen molar-refractivity contribution in [2.45, 2.75) is 19.9 Å². The lowest BCUT2D eigenvalue weighted by Gasteiger charge is -2.09. The molecule has 5 heteroatoms. The monoisotopic (exact) mass is 280 g/mol. The lowest BCUT2D eigenvalue weighted by atomic mass is 10.2. The van der Waals surface area contributed by atoms with Gasteiger partial charge in [0.2, 0.25) is 0 Å². The Morgan fingerprint density at radius 1 is 1.47 bits per heavy atom. The molecule has 2 aromatic rings. The van der Waals surface area contributed by atoms with Gasteiger partial charge < -0.3 is 10.1 Å². The summed E-state index contributed by atoms with van der Waals surface area (Å²) in [4.78, 5) is 4.50. The molecule has 0 fully saturated rings. The molecule has 2 rings (SSSR count). The minimum absolute atomic E-state index is 0.160. The predicted molar refractivity (Wildman–Crippen MR) is 76.2 cm³/mol. The number of nitrogens with zero attached hydrogens (tertiary/aromatic N) is 1. The van der Waals surface area contributed by atoms with Gasteiger partial charge in [-0.1, -0.05) is 13.0 Å². The largest absolute Gasteiger partial charge is 0.496 e. The Balaban J connectivity index is 2.38. The van der Waals surface area contributed by atoms with Crippen LogP contribution in [0.2, 0.25) is 0 Å². The molecule has 1 atom stereocenters. The first-order valence-electron chi connectivity index (χ1n) is 6.19. The van der Waals surface area contributed by atoms with E-state index in [0.717, 1.165) is 12.2 Å². The van der Waals surface area contributed by atoms with Gasteiger partial charge in [-0.25, -0.2) is 9.37 Å². The van der Waals surface area contributed by atoms with E-state index < -0.39 is 0 Å². The van der Waals surface area contributed by atoms with Crippen LogP contribution in [-0.4, -0.2) is 18.6 Å². The molecular formula is C14H17FN2OS. The molecule has 19 heavy (non-hydrogen) atoms. The highest BCUT2D eigenvalue weighted by Crippen LogP contribution is 2.35. The maximum absolute atomic E-state index is 14.0. The molecule has 0 amide bonds. The first-order valence-corrected chi connectivity index (χ1v) is 7.07. The highest BCUT2D eigenvalue weighted by atomic mass is 32.1. The van der Waals surface area contributed by atoms with Crippen LogP contribution in [-0.2, 0) is 0 Å². The van der Waals surface area contributed by atoms with Crippen LogP contribution in [0.1, 0.15) is 25.6 Å². The van der Waals surface area contributed by atoms with Crippen molar-refractivity contribution in [2.24, 2.45) is 0 Å². The van der Waals surface area contributed by atoms with E-state index in [9.17, 15) is 4.39 Å². The van der Waals surface area contributed by atoms with Gasteiger partial charge in [0.15, 0.2) is 0 Å². The van der Waals surface area contributed by atoms with E-state index in [1.54, 1.807) is 12.1 Å². The summed E-state index contributed by atoms with van der Waals surface area (Å²) in [5, 5.41) is 5.89. The Morgan fingerprint density at radius 2 is 2.26 bits per heavy atom. The van der Waals surface area contributed by atoms with Gasteiger partial charge in [-0.3, -0.25) is 0 Å². The third-order valence-electron chi connectivity index (χ3n) is 2.89. The highest BCUT2D eigenvalue weighted by Gasteiger charge is 2.16. The summed E-state index contributed by atoms with van der Waals surface area (Å²) in [5.74, 6) is 0.202. The summed E-state index contributed by atoms with van der Waals surface area (Å²) >= 11 is 1.43. The molecule has 0 spiro atoms. The second-order valence-electron chi connectivity index (χ2n) is 4.17. The van der Waals surface area contributed by atoms with Gasteiger partial charge in [0.25, 0.3) is 0 Å². The number of hydrogen-bond acceptors (Lipinski definition) is 4. The van der Waals surface area contributed by atoms with Crippen molar-refractivity contribution in [3.05, 3.63) is 35.1 Å². The Kier molecular flexibility index (Phi) is 4.50. The number of nitrogens with one attached hydrogen (secondary N) is 1. The van der Waals surface area contributed by atoms with Crippen molar-refractivity contribution >= 4 is 11.3 Å². The van der Waals surface area contributed by atoms with Gasteiger partial charge >= 0.3 is 0 Å². The fourth-order valence-electron chi connectivity index (χ4n) is 1.89. The number of hydrogen-bond donors (Lipinski definition) is 1. The van der Waals surface area contributed by atoms with Crippen molar-refractivity contribution in [1.82, 2.24) is 10.3 Å². The zero-order chi connectivity index (χ0) is 13.8. The molecule has 1 aromatic heterocycles. The summed E-state index contributed by atoms with van der Waals surface area (Å²) in [6, 6.07) is 4.96. The van der Waals surface area contributed by atoms with E-state index in [-0.39, 0.29) is 11.9 Å². The van der Waals surface area contributed by atoms with E-state index in [1.165, 1.54) is 24.5 Å². The van der Waals surface area contributed by atoms with Gasteiger partial charge in [-0.15, -0.1) is 11.3 Å². The Hall–Kier alpha value is -1.46. The first kappa shape index (κ1) is 14.0. The standard InChI is InChI=1S/C14H17FN2OS/c1-4-16-9(2)11-8-19-14(17-11)13-10(15)6-5-7-12(13)18-3/h5-9,16H,4H2,1-3H3. The van der Waals surface area contributed by atoms with Crippen molar-refractivity contribution in [3.63, 3.8) is 0 Å². The molecule has 0 saturated carbocycles. The Bertz CT molecular complexity index is 556. The van der Waals surface area contributed by atoms with Crippen LogP contribution in [0.4, 0.5) is 4.39 Å². The van der Waals surface area contributed by atoms with E-state index in [1.807, 2.05) is 19.2 Å². The molecule has 3 nitrogen and oxygen atoms in total. The molecule has 1 unspecified atom stereocenters. The van der Waals surface area contributed by atoms with Gasteiger partial charge in [-0.05, 0) is 25.6 Å². The first-order chi connectivity index (χ1) is 9.17. The van der Waals surface area contributed by atoms with E-state index in [4.69, 9.17) is 4.74 Å². The molecular weight excluding hydrogens is 263 g/mol. The van der Waals surface area contributed by atoms with E-state index in [0.29, 0.717) is 16.3 Å². The van der Waals surface area contributed by atoms with Crippen molar-refractivity contribution in [3.8, 4) is 16.3 Å². The molecule has 0 aliphatic carbocycles. The molecule has 0 saturated heterocycles. The van der Waals surface area contributed by atoms with Crippen LogP contribution in [0, 0.1) is 5.82 Å². The van der Waals surface area contributed by atoms with Crippen LogP contribution in [0.15, 0.2) is 23.6 Å². The lowest BCUT2D eigenvalue weighted by molar-refractivity contribution is 0.413. The van der Waals surface area contributed by atoms with E-state index in [2.05, 4.69) is 10.3 Å². The van der Waals surface area contributed by atoms with Crippen molar-refractivity contribution in [2.75, 3.05) is 13.7 Å². The Morgan fingerprint density at radius 3 is 2.95 bits per heavy atom. The fourth-order valence-corrected chi connectivity index (χ4v) is 2.86. The summed E-state index contributed by atoms with van der Waals surface area (Å²) < 4.78 is 19.2. The number of methoxy groups -OCH3 is 1. The predicted octanol–water partition coefficient (Wildman–Crippen LogP) is 3.63. The smallest absolute Gasteiger partial charge is 0.137 e. The molecule has 102 valence electrons. The number of halogens is 1. The topological polar surface area (TPSA) is 34.1 Å². The fraction of sp³-hybridized carbons (Fsp3) is 0.357. The maximum atomic E-state index is 14.0. The van der Waals surface area contributed by atoms with Crippen LogP contribution in [0.3, 0.4) is 0 Å². The molecule has 1 N–H and O–H groups in total. The van der Waals surface area contributed by atoms with Crippen LogP contribution in [0.25, 0.3) is 10.6 Å². The molecule has 1 heterocycles. The van der Waals surface area contributed by atoms with Crippen molar-refractivity contribution < 1.29 is 9.13 Å².